The van der Waals surface area contributed by atoms with E-state index < -0.39 is 0 Å². The molecular formula is C11H18N4O3. The standard InChI is InChI=1S/C11H18N4O3/c1-8-9(2)12-15-10(18)7-14(11(8)15)13(3-5-16)4-6-17/h7,16-18H,3-6H2,1-2H3. The van der Waals surface area contributed by atoms with E-state index in [0.29, 0.717) is 13.1 Å². The van der Waals surface area contributed by atoms with Crippen molar-refractivity contribution in [1.82, 2.24) is 14.3 Å². The second-order valence-corrected chi connectivity index (χ2v) is 4.18. The van der Waals surface area contributed by atoms with Gasteiger partial charge in [-0.15, -0.1) is 0 Å². The summed E-state index contributed by atoms with van der Waals surface area (Å²) in [6.45, 7) is 4.47. The van der Waals surface area contributed by atoms with Gasteiger partial charge >= 0.3 is 0 Å². The number of hydrogen-bond acceptors (Lipinski definition) is 5. The first-order valence-electron chi connectivity index (χ1n) is 5.83. The number of nitrogens with zero attached hydrogens (tertiary/aromatic N) is 4. The average molecular weight is 254 g/mol. The molecule has 2 heterocycles. The van der Waals surface area contributed by atoms with Crippen molar-refractivity contribution in [1.29, 1.82) is 0 Å². The van der Waals surface area contributed by atoms with Gasteiger partial charge in [-0.3, -0.25) is 0 Å². The molecule has 0 bridgehead atoms. The summed E-state index contributed by atoms with van der Waals surface area (Å²) in [5.41, 5.74) is 2.53. The Morgan fingerprint density at radius 3 is 2.39 bits per heavy atom. The summed E-state index contributed by atoms with van der Waals surface area (Å²) in [7, 11) is 0. The van der Waals surface area contributed by atoms with E-state index in [1.807, 2.05) is 13.8 Å². The van der Waals surface area contributed by atoms with Crippen molar-refractivity contribution in [2.24, 2.45) is 0 Å². The SMILES string of the molecule is Cc1nn2c(O)cn(N(CCO)CCO)c2c1C. The van der Waals surface area contributed by atoms with E-state index in [2.05, 4.69) is 5.10 Å². The van der Waals surface area contributed by atoms with E-state index >= 15 is 0 Å². The van der Waals surface area contributed by atoms with Gasteiger partial charge in [-0.05, 0) is 13.8 Å². The number of aromatic nitrogens is 3. The Morgan fingerprint density at radius 2 is 1.83 bits per heavy atom. The summed E-state index contributed by atoms with van der Waals surface area (Å²) in [6, 6.07) is 0. The molecule has 0 aliphatic carbocycles. The van der Waals surface area contributed by atoms with Crippen molar-refractivity contribution in [3.05, 3.63) is 17.5 Å². The van der Waals surface area contributed by atoms with Crippen LogP contribution in [0.5, 0.6) is 5.88 Å². The van der Waals surface area contributed by atoms with Crippen LogP contribution in [0.25, 0.3) is 5.65 Å². The number of rotatable bonds is 5. The van der Waals surface area contributed by atoms with Crippen LogP contribution in [-0.4, -0.2) is 55.9 Å². The third-order valence-electron chi connectivity index (χ3n) is 3.02. The molecular weight excluding hydrogens is 236 g/mol. The number of aliphatic hydroxyl groups excluding tert-OH is 2. The van der Waals surface area contributed by atoms with Gasteiger partial charge in [0.1, 0.15) is 0 Å². The molecule has 0 radical (unpaired) electrons. The van der Waals surface area contributed by atoms with Gasteiger partial charge in [0.05, 0.1) is 38.2 Å². The first-order valence-corrected chi connectivity index (χ1v) is 5.83. The summed E-state index contributed by atoms with van der Waals surface area (Å²) in [6.07, 6.45) is 1.53. The fourth-order valence-electron chi connectivity index (χ4n) is 2.02. The van der Waals surface area contributed by atoms with Gasteiger partial charge in [0.25, 0.3) is 0 Å². The maximum Gasteiger partial charge on any atom is 0.233 e. The lowest BCUT2D eigenvalue weighted by atomic mass is 10.3. The number of aliphatic hydroxyl groups is 2. The number of hydrogen-bond donors (Lipinski definition) is 3. The van der Waals surface area contributed by atoms with Crippen LogP contribution in [0.15, 0.2) is 6.20 Å². The maximum absolute atomic E-state index is 9.84. The molecule has 3 N–H and O–H groups in total. The van der Waals surface area contributed by atoms with Gasteiger partial charge in [0, 0.05) is 5.56 Å². The molecule has 2 aromatic rings. The van der Waals surface area contributed by atoms with Crippen LogP contribution in [0.3, 0.4) is 0 Å². The minimum Gasteiger partial charge on any atom is -0.492 e. The summed E-state index contributed by atoms with van der Waals surface area (Å²) in [5.74, 6) is 0.0297. The van der Waals surface area contributed by atoms with Crippen molar-refractivity contribution < 1.29 is 15.3 Å². The molecule has 0 spiro atoms. The van der Waals surface area contributed by atoms with E-state index in [1.165, 1.54) is 10.7 Å². The van der Waals surface area contributed by atoms with Crippen molar-refractivity contribution in [2.45, 2.75) is 13.8 Å². The molecule has 0 unspecified atom stereocenters. The lowest BCUT2D eigenvalue weighted by Crippen LogP contribution is -2.39. The molecule has 7 heteroatoms. The second-order valence-electron chi connectivity index (χ2n) is 4.18. The number of aromatic hydroxyl groups is 1. The molecule has 0 saturated carbocycles. The van der Waals surface area contributed by atoms with Crippen LogP contribution < -0.4 is 5.01 Å². The highest BCUT2D eigenvalue weighted by molar-refractivity contribution is 5.53. The lowest BCUT2D eigenvalue weighted by molar-refractivity contribution is 0.266. The normalized spacial score (nSPS) is 11.3. The molecule has 0 aromatic carbocycles. The van der Waals surface area contributed by atoms with Gasteiger partial charge in [0.15, 0.2) is 5.65 Å². The first-order chi connectivity index (χ1) is 8.60. The molecule has 2 aromatic heterocycles. The van der Waals surface area contributed by atoms with E-state index in [0.717, 1.165) is 16.9 Å². The van der Waals surface area contributed by atoms with Crippen molar-refractivity contribution in [3.63, 3.8) is 0 Å². The minimum atomic E-state index is -0.0305. The van der Waals surface area contributed by atoms with Gasteiger partial charge in [-0.2, -0.15) is 9.61 Å². The van der Waals surface area contributed by atoms with Crippen molar-refractivity contribution >= 4 is 5.65 Å². The van der Waals surface area contributed by atoms with E-state index in [1.54, 1.807) is 9.69 Å². The smallest absolute Gasteiger partial charge is 0.233 e. The zero-order valence-electron chi connectivity index (χ0n) is 10.5. The topological polar surface area (TPSA) is 86.2 Å². The molecule has 0 amide bonds. The Bertz CT molecular complexity index is 540. The zero-order valence-corrected chi connectivity index (χ0v) is 10.5. The Labute approximate surface area is 104 Å². The Balaban J connectivity index is 2.54. The van der Waals surface area contributed by atoms with Gasteiger partial charge in [-0.1, -0.05) is 0 Å². The van der Waals surface area contributed by atoms with Crippen LogP contribution in [0.2, 0.25) is 0 Å². The first kappa shape index (κ1) is 12.7. The van der Waals surface area contributed by atoms with E-state index in [-0.39, 0.29) is 19.1 Å². The van der Waals surface area contributed by atoms with E-state index in [9.17, 15) is 5.11 Å². The second kappa shape index (κ2) is 4.87. The van der Waals surface area contributed by atoms with Crippen LogP contribution in [0, 0.1) is 13.8 Å². The van der Waals surface area contributed by atoms with E-state index in [4.69, 9.17) is 10.2 Å². The average Bonchev–Trinajstić information content (AvgIpc) is 2.80. The molecule has 0 saturated heterocycles. The summed E-state index contributed by atoms with van der Waals surface area (Å²) in [4.78, 5) is 0. The molecule has 100 valence electrons. The zero-order chi connectivity index (χ0) is 13.3. The largest absolute Gasteiger partial charge is 0.492 e. The van der Waals surface area contributed by atoms with Crippen LogP contribution in [0.1, 0.15) is 11.3 Å². The number of imidazole rings is 1. The third kappa shape index (κ3) is 1.91. The monoisotopic (exact) mass is 254 g/mol. The summed E-state index contributed by atoms with van der Waals surface area (Å²) >= 11 is 0. The lowest BCUT2D eigenvalue weighted by Gasteiger charge is -2.24. The molecule has 2 rings (SSSR count). The molecule has 7 nitrogen and oxygen atoms in total. The highest BCUT2D eigenvalue weighted by Crippen LogP contribution is 2.21. The quantitative estimate of drug-likeness (QED) is 0.662. The van der Waals surface area contributed by atoms with Crippen molar-refractivity contribution in [3.8, 4) is 5.88 Å². The molecule has 0 aliphatic heterocycles. The highest BCUT2D eigenvalue weighted by atomic mass is 16.3. The fourth-order valence-corrected chi connectivity index (χ4v) is 2.02. The highest BCUT2D eigenvalue weighted by Gasteiger charge is 2.17. The van der Waals surface area contributed by atoms with Crippen molar-refractivity contribution in [2.75, 3.05) is 31.3 Å². The molecule has 0 aliphatic rings. The van der Waals surface area contributed by atoms with Gasteiger partial charge in [-0.25, -0.2) is 4.68 Å². The number of aryl methyl sites for hydroxylation is 2. The third-order valence-corrected chi connectivity index (χ3v) is 3.02. The van der Waals surface area contributed by atoms with Crippen LogP contribution >= 0.6 is 0 Å². The Hall–Kier alpha value is -1.73. The predicted octanol–water partition coefficient (Wildman–Crippen LogP) is -0.619. The van der Waals surface area contributed by atoms with Gasteiger partial charge in [0.2, 0.25) is 5.88 Å². The van der Waals surface area contributed by atoms with Crippen LogP contribution in [0.4, 0.5) is 0 Å². The molecule has 18 heavy (non-hydrogen) atoms. The molecule has 0 fully saturated rings. The number of fused-ring (bicyclic) bond motifs is 1. The van der Waals surface area contributed by atoms with Gasteiger partial charge < -0.3 is 20.3 Å². The predicted molar refractivity (Wildman–Crippen MR) is 66.4 cm³/mol. The summed E-state index contributed by atoms with van der Waals surface area (Å²) < 4.78 is 3.17. The Morgan fingerprint density at radius 1 is 1.22 bits per heavy atom. The fraction of sp³-hybridized carbons (Fsp3) is 0.545. The van der Waals surface area contributed by atoms with Crippen LogP contribution in [-0.2, 0) is 0 Å². The minimum absolute atomic E-state index is 0.0297. The molecule has 0 atom stereocenters. The summed E-state index contributed by atoms with van der Waals surface area (Å²) in [5, 5.41) is 33.9. The Kier molecular flexibility index (Phi) is 3.44. The maximum atomic E-state index is 9.84.